The molecule has 3 rings (SSSR count). The fourth-order valence-corrected chi connectivity index (χ4v) is 2.27. The topological polar surface area (TPSA) is 61.8 Å². The lowest BCUT2D eigenvalue weighted by Gasteiger charge is -2.09. The quantitative estimate of drug-likeness (QED) is 0.588. The van der Waals surface area contributed by atoms with Crippen LogP contribution in [0.2, 0.25) is 0 Å². The molecule has 1 saturated heterocycles. The molecule has 0 radical (unpaired) electrons. The zero-order valence-corrected chi connectivity index (χ0v) is 9.63. The van der Waals surface area contributed by atoms with E-state index in [1.165, 1.54) is 0 Å². The molecule has 2 aliphatic rings. The average molecular weight is 248 g/mol. The summed E-state index contributed by atoms with van der Waals surface area (Å²) in [6, 6.07) is 5.53. The van der Waals surface area contributed by atoms with Crippen molar-refractivity contribution in [3.05, 3.63) is 23.8 Å². The molecule has 5 nitrogen and oxygen atoms in total. The van der Waals surface area contributed by atoms with Crippen LogP contribution in [0.25, 0.3) is 0 Å². The largest absolute Gasteiger partial charge is 0.465 e. The van der Waals surface area contributed by atoms with E-state index in [2.05, 4.69) is 0 Å². The Morgan fingerprint density at radius 3 is 2.89 bits per heavy atom. The number of rotatable bonds is 3. The lowest BCUT2D eigenvalue weighted by Crippen LogP contribution is -2.19. The van der Waals surface area contributed by atoms with Crippen LogP contribution < -0.4 is 9.47 Å². The minimum absolute atomic E-state index is 0.192. The summed E-state index contributed by atoms with van der Waals surface area (Å²) >= 11 is 0. The maximum absolute atomic E-state index is 11.5. The van der Waals surface area contributed by atoms with Crippen LogP contribution in [0, 0.1) is 11.8 Å². The van der Waals surface area contributed by atoms with Crippen molar-refractivity contribution in [1.82, 2.24) is 0 Å². The normalized spacial score (nSPS) is 25.0. The third kappa shape index (κ3) is 1.81. The second kappa shape index (κ2) is 4.33. The SMILES string of the molecule is O=C[C@@H]1COC(=O)[C@H]1Cc1ccc2c(c1)OCO2. The monoisotopic (exact) mass is 248 g/mol. The predicted molar refractivity (Wildman–Crippen MR) is 60.3 cm³/mol. The number of aldehydes is 1. The van der Waals surface area contributed by atoms with Crippen LogP contribution in [0.15, 0.2) is 18.2 Å². The number of hydrogen-bond acceptors (Lipinski definition) is 5. The molecule has 0 unspecified atom stereocenters. The molecule has 1 aromatic carbocycles. The minimum Gasteiger partial charge on any atom is -0.465 e. The summed E-state index contributed by atoms with van der Waals surface area (Å²) in [6.07, 6.45) is 1.28. The maximum atomic E-state index is 11.5. The van der Waals surface area contributed by atoms with E-state index < -0.39 is 0 Å². The molecule has 0 aromatic heterocycles. The molecule has 18 heavy (non-hydrogen) atoms. The van der Waals surface area contributed by atoms with Gasteiger partial charge in [0, 0.05) is 0 Å². The average Bonchev–Trinajstić information content (AvgIpc) is 2.97. The van der Waals surface area contributed by atoms with Crippen LogP contribution in [-0.4, -0.2) is 25.7 Å². The van der Waals surface area contributed by atoms with Gasteiger partial charge in [-0.05, 0) is 24.1 Å². The van der Waals surface area contributed by atoms with Crippen molar-refractivity contribution in [3.8, 4) is 11.5 Å². The lowest BCUT2D eigenvalue weighted by atomic mass is 9.90. The molecule has 5 heteroatoms. The molecule has 1 fully saturated rings. The van der Waals surface area contributed by atoms with Crippen molar-refractivity contribution in [2.45, 2.75) is 6.42 Å². The van der Waals surface area contributed by atoms with E-state index in [-0.39, 0.29) is 31.2 Å². The van der Waals surface area contributed by atoms with E-state index in [1.54, 1.807) is 0 Å². The highest BCUT2D eigenvalue weighted by molar-refractivity contribution is 5.80. The van der Waals surface area contributed by atoms with Gasteiger partial charge in [0.15, 0.2) is 11.5 Å². The van der Waals surface area contributed by atoms with Crippen molar-refractivity contribution in [2.24, 2.45) is 11.8 Å². The second-order valence-corrected chi connectivity index (χ2v) is 4.43. The van der Waals surface area contributed by atoms with Crippen LogP contribution in [0.3, 0.4) is 0 Å². The van der Waals surface area contributed by atoms with Crippen molar-refractivity contribution < 1.29 is 23.8 Å². The first-order valence-corrected chi connectivity index (χ1v) is 5.78. The second-order valence-electron chi connectivity index (χ2n) is 4.43. The molecule has 2 aliphatic heterocycles. The highest BCUT2D eigenvalue weighted by Crippen LogP contribution is 2.34. The fourth-order valence-electron chi connectivity index (χ4n) is 2.27. The van der Waals surface area contributed by atoms with Crippen LogP contribution in [0.1, 0.15) is 5.56 Å². The highest BCUT2D eigenvalue weighted by Gasteiger charge is 2.36. The first-order chi connectivity index (χ1) is 8.78. The van der Waals surface area contributed by atoms with Gasteiger partial charge in [-0.3, -0.25) is 4.79 Å². The van der Waals surface area contributed by atoms with Gasteiger partial charge in [-0.25, -0.2) is 0 Å². The summed E-state index contributed by atoms with van der Waals surface area (Å²) < 4.78 is 15.4. The van der Waals surface area contributed by atoms with Gasteiger partial charge in [0.1, 0.15) is 12.9 Å². The Labute approximate surface area is 104 Å². The Morgan fingerprint density at radius 1 is 1.22 bits per heavy atom. The van der Waals surface area contributed by atoms with E-state index in [9.17, 15) is 9.59 Å². The zero-order chi connectivity index (χ0) is 12.5. The van der Waals surface area contributed by atoms with E-state index in [4.69, 9.17) is 14.2 Å². The molecule has 1 aromatic rings. The molecule has 0 N–H and O–H groups in total. The molecule has 0 aliphatic carbocycles. The number of ether oxygens (including phenoxy) is 3. The summed E-state index contributed by atoms with van der Waals surface area (Å²) in [4.78, 5) is 22.4. The molecule has 0 spiro atoms. The van der Waals surface area contributed by atoms with Gasteiger partial charge in [0.2, 0.25) is 6.79 Å². The van der Waals surface area contributed by atoms with Gasteiger partial charge < -0.3 is 19.0 Å². The number of carbonyl (C=O) groups is 2. The number of cyclic esters (lactones) is 1. The van der Waals surface area contributed by atoms with Crippen molar-refractivity contribution in [2.75, 3.05) is 13.4 Å². The molecule has 0 bridgehead atoms. The Balaban J connectivity index is 1.79. The molecular weight excluding hydrogens is 236 g/mol. The van der Waals surface area contributed by atoms with Gasteiger partial charge in [-0.1, -0.05) is 6.07 Å². The number of carbonyl (C=O) groups excluding carboxylic acids is 2. The minimum atomic E-state index is -0.386. The summed E-state index contributed by atoms with van der Waals surface area (Å²) in [5.74, 6) is 0.358. The van der Waals surface area contributed by atoms with E-state index in [1.807, 2.05) is 18.2 Å². The van der Waals surface area contributed by atoms with Crippen molar-refractivity contribution >= 4 is 12.3 Å². The highest BCUT2D eigenvalue weighted by atomic mass is 16.7. The molecule has 0 saturated carbocycles. The van der Waals surface area contributed by atoms with Crippen LogP contribution in [-0.2, 0) is 20.7 Å². The Hall–Kier alpha value is -2.04. The molecule has 0 amide bonds. The first-order valence-electron chi connectivity index (χ1n) is 5.78. The Kier molecular flexibility index (Phi) is 2.66. The number of hydrogen-bond donors (Lipinski definition) is 0. The van der Waals surface area contributed by atoms with Crippen molar-refractivity contribution in [1.29, 1.82) is 0 Å². The number of esters is 1. The Bertz CT molecular complexity index is 496. The van der Waals surface area contributed by atoms with E-state index in [0.29, 0.717) is 17.9 Å². The lowest BCUT2D eigenvalue weighted by molar-refractivity contribution is -0.141. The predicted octanol–water partition coefficient (Wildman–Crippen LogP) is 0.946. The van der Waals surface area contributed by atoms with Crippen LogP contribution in [0.4, 0.5) is 0 Å². The third-order valence-electron chi connectivity index (χ3n) is 3.31. The first kappa shape index (κ1) is 11.1. The Morgan fingerprint density at radius 2 is 2.06 bits per heavy atom. The summed E-state index contributed by atoms with van der Waals surface area (Å²) in [5, 5.41) is 0. The molecular formula is C13H12O5. The van der Waals surface area contributed by atoms with E-state index in [0.717, 1.165) is 11.8 Å². The van der Waals surface area contributed by atoms with Gasteiger partial charge in [0.25, 0.3) is 0 Å². The smallest absolute Gasteiger partial charge is 0.310 e. The van der Waals surface area contributed by atoms with E-state index >= 15 is 0 Å². The number of fused-ring (bicyclic) bond motifs is 1. The molecule has 2 heterocycles. The zero-order valence-electron chi connectivity index (χ0n) is 9.63. The standard InChI is InChI=1S/C13H12O5/c14-5-9-6-16-13(15)10(9)3-8-1-2-11-12(4-8)18-7-17-11/h1-2,4-5,9-10H,3,6-7H2/t9-,10+/m1/s1. The number of benzene rings is 1. The summed E-state index contributed by atoms with van der Waals surface area (Å²) in [5.41, 5.74) is 0.940. The van der Waals surface area contributed by atoms with Gasteiger partial charge >= 0.3 is 5.97 Å². The third-order valence-corrected chi connectivity index (χ3v) is 3.31. The summed E-state index contributed by atoms with van der Waals surface area (Å²) in [6.45, 7) is 0.415. The summed E-state index contributed by atoms with van der Waals surface area (Å²) in [7, 11) is 0. The maximum Gasteiger partial charge on any atom is 0.310 e. The fraction of sp³-hybridized carbons (Fsp3) is 0.385. The van der Waals surface area contributed by atoms with Gasteiger partial charge in [-0.2, -0.15) is 0 Å². The van der Waals surface area contributed by atoms with Crippen molar-refractivity contribution in [3.63, 3.8) is 0 Å². The van der Waals surface area contributed by atoms with Crippen LogP contribution >= 0.6 is 0 Å². The molecule has 2 atom stereocenters. The van der Waals surface area contributed by atoms with Gasteiger partial charge in [0.05, 0.1) is 11.8 Å². The molecule has 94 valence electrons. The van der Waals surface area contributed by atoms with Gasteiger partial charge in [-0.15, -0.1) is 0 Å². The van der Waals surface area contributed by atoms with Crippen LogP contribution in [0.5, 0.6) is 11.5 Å².